The summed E-state index contributed by atoms with van der Waals surface area (Å²) in [5.41, 5.74) is 0. The Labute approximate surface area is 325 Å². The summed E-state index contributed by atoms with van der Waals surface area (Å²) < 4.78 is 46.5. The molecule has 324 valence electrons. The second-order valence-electron chi connectivity index (χ2n) is 13.8. The number of rotatable bonds is 15. The monoisotopic (exact) mass is 834 g/mol. The van der Waals surface area contributed by atoms with Crippen molar-refractivity contribution in [3.05, 3.63) is 0 Å². The van der Waals surface area contributed by atoms with E-state index in [9.17, 15) is 65.4 Å². The number of hydrogen-bond donors (Lipinski definition) is 12. The quantitative estimate of drug-likeness (QED) is 0.0682. The van der Waals surface area contributed by atoms with Gasteiger partial charge in [-0.25, -0.2) is 0 Å². The molecule has 0 bridgehead atoms. The van der Waals surface area contributed by atoms with Crippen molar-refractivity contribution in [2.24, 2.45) is 0 Å². The lowest BCUT2D eigenvalue weighted by Crippen LogP contribution is -2.69. The highest BCUT2D eigenvalue weighted by Crippen LogP contribution is 2.35. The van der Waals surface area contributed by atoms with E-state index in [-0.39, 0.29) is 24.0 Å². The Bertz CT molecular complexity index is 1290. The van der Waals surface area contributed by atoms with Crippen molar-refractivity contribution in [2.45, 2.75) is 150 Å². The van der Waals surface area contributed by atoms with Gasteiger partial charge in [0.05, 0.1) is 37.8 Å². The van der Waals surface area contributed by atoms with E-state index in [0.717, 1.165) is 18.7 Å². The van der Waals surface area contributed by atoms with Gasteiger partial charge in [-0.05, 0) is 13.8 Å². The van der Waals surface area contributed by atoms with Crippen LogP contribution in [0.15, 0.2) is 0 Å². The van der Waals surface area contributed by atoms with Crippen LogP contribution in [0.1, 0.15) is 27.7 Å². The SMILES string of the molecule is CC(=O)N[C@H]1[C@H](OCCNC(=O)CSC(C)=O)O[C@H](CO)[C@@H](O)[C@@H]1O[C@@H]1O[C@@H](C)[C@H](O[C@H]2O[C@H](CO)[C@@H](O)[C@H](O)[C@H]2O)[C@@H](O[C@@H]2O[C@@H](C)[C@H](O)[C@@H](O)[C@H]2O)[C@H]1O. The lowest BCUT2D eigenvalue weighted by Gasteiger charge is -2.50. The summed E-state index contributed by atoms with van der Waals surface area (Å²) >= 11 is 0.802. The van der Waals surface area contributed by atoms with E-state index in [4.69, 9.17) is 37.9 Å². The van der Waals surface area contributed by atoms with Crippen LogP contribution >= 0.6 is 11.8 Å². The summed E-state index contributed by atoms with van der Waals surface area (Å²) in [4.78, 5) is 35.6. The van der Waals surface area contributed by atoms with Crippen LogP contribution in [-0.2, 0) is 52.3 Å². The maximum Gasteiger partial charge on any atom is 0.230 e. The molecule has 4 saturated heterocycles. The van der Waals surface area contributed by atoms with Crippen molar-refractivity contribution in [1.82, 2.24) is 10.6 Å². The second kappa shape index (κ2) is 21.0. The Morgan fingerprint density at radius 1 is 0.607 bits per heavy atom. The Balaban J connectivity index is 1.59. The standard InChI is InChI=1S/C32H54N2O21S/c1-10-18(40)21(43)23(45)30(49-10)55-28-25(47)32(50-11(2)26(28)53-31-24(46)22(44)19(41)14(7-35)52-31)54-27-17(34-12(3)37)29(51-15(8-36)20(27)42)48-6-5-33-16(39)9-56-13(4)38/h10-11,14-15,17-32,35-36,40-47H,5-9H2,1-4H3,(H,33,39)(H,34,37)/t10-,11-,14+,15+,17+,18-,19+,20+,21+,22-,23+,24+,25+,26-,27+,28-,29+,30-,31+,32-/m0/s1. The summed E-state index contributed by atoms with van der Waals surface area (Å²) in [6, 6.07) is -1.36. The zero-order valence-electron chi connectivity index (χ0n) is 31.0. The van der Waals surface area contributed by atoms with E-state index in [1.54, 1.807) is 0 Å². The highest BCUT2D eigenvalue weighted by molar-refractivity contribution is 8.14. The third kappa shape index (κ3) is 11.3. The fourth-order valence-corrected chi connectivity index (χ4v) is 7.00. The smallest absolute Gasteiger partial charge is 0.230 e. The van der Waals surface area contributed by atoms with Crippen molar-refractivity contribution >= 4 is 28.7 Å². The number of ether oxygens (including phenoxy) is 8. The molecule has 0 aromatic rings. The Morgan fingerprint density at radius 2 is 1.12 bits per heavy atom. The molecule has 2 amide bonds. The highest BCUT2D eigenvalue weighted by Gasteiger charge is 2.55. The molecule has 4 aliphatic heterocycles. The predicted molar refractivity (Wildman–Crippen MR) is 183 cm³/mol. The minimum absolute atomic E-state index is 0.0714. The van der Waals surface area contributed by atoms with Crippen molar-refractivity contribution < 1.29 is 103 Å². The highest BCUT2D eigenvalue weighted by atomic mass is 32.2. The molecule has 0 radical (unpaired) electrons. The molecule has 4 rings (SSSR count). The number of carbonyl (C=O) groups is 3. The molecule has 0 aliphatic carbocycles. The average molecular weight is 835 g/mol. The summed E-state index contributed by atoms with van der Waals surface area (Å²) in [5.74, 6) is -1.24. The minimum Gasteiger partial charge on any atom is -0.394 e. The molecule has 0 aromatic carbocycles. The van der Waals surface area contributed by atoms with Crippen LogP contribution < -0.4 is 10.6 Å². The third-order valence-electron chi connectivity index (χ3n) is 9.62. The Hall–Kier alpha value is -1.76. The zero-order valence-corrected chi connectivity index (χ0v) is 31.8. The number of hydrogen-bond acceptors (Lipinski definition) is 22. The Kier molecular flexibility index (Phi) is 17.6. The van der Waals surface area contributed by atoms with E-state index in [1.165, 1.54) is 20.8 Å². The average Bonchev–Trinajstić information content (AvgIpc) is 3.15. The minimum atomic E-state index is -1.99. The van der Waals surface area contributed by atoms with Gasteiger partial charge in [0.25, 0.3) is 0 Å². The molecule has 24 heteroatoms. The molecule has 0 saturated carbocycles. The van der Waals surface area contributed by atoms with Crippen LogP contribution in [0.3, 0.4) is 0 Å². The van der Waals surface area contributed by atoms with Gasteiger partial charge >= 0.3 is 0 Å². The van der Waals surface area contributed by atoms with Gasteiger partial charge in [0.2, 0.25) is 11.8 Å². The van der Waals surface area contributed by atoms with Crippen molar-refractivity contribution in [1.29, 1.82) is 0 Å². The lowest BCUT2D eigenvalue weighted by molar-refractivity contribution is -0.391. The number of carbonyl (C=O) groups excluding carboxylic acids is 3. The van der Waals surface area contributed by atoms with E-state index in [1.807, 2.05) is 0 Å². The van der Waals surface area contributed by atoms with Crippen molar-refractivity contribution in [3.63, 3.8) is 0 Å². The fraction of sp³-hybridized carbons (Fsp3) is 0.906. The van der Waals surface area contributed by atoms with Crippen molar-refractivity contribution in [3.8, 4) is 0 Å². The fourth-order valence-electron chi connectivity index (χ4n) is 6.56. The number of aliphatic hydroxyl groups is 10. The molecular weight excluding hydrogens is 780 g/mol. The normalized spacial score (nSPS) is 44.5. The van der Waals surface area contributed by atoms with Crippen LogP contribution in [0.2, 0.25) is 0 Å². The van der Waals surface area contributed by atoms with Gasteiger partial charge in [-0.2, -0.15) is 0 Å². The van der Waals surface area contributed by atoms with E-state index >= 15 is 0 Å². The largest absolute Gasteiger partial charge is 0.394 e. The Morgan fingerprint density at radius 3 is 1.73 bits per heavy atom. The maximum absolute atomic E-state index is 12.4. The van der Waals surface area contributed by atoms with Crippen LogP contribution in [0.5, 0.6) is 0 Å². The molecule has 20 atom stereocenters. The summed E-state index contributed by atoms with van der Waals surface area (Å²) in [5, 5.41) is 110. The molecule has 4 fully saturated rings. The first-order chi connectivity index (χ1) is 26.4. The van der Waals surface area contributed by atoms with E-state index < -0.39 is 148 Å². The third-order valence-corrected chi connectivity index (χ3v) is 10.4. The number of amides is 2. The molecule has 0 unspecified atom stereocenters. The van der Waals surface area contributed by atoms with Gasteiger partial charge in [-0.1, -0.05) is 11.8 Å². The van der Waals surface area contributed by atoms with E-state index in [0.29, 0.717) is 0 Å². The molecule has 23 nitrogen and oxygen atoms in total. The van der Waals surface area contributed by atoms with Gasteiger partial charge in [-0.3, -0.25) is 14.4 Å². The van der Waals surface area contributed by atoms with Gasteiger partial charge < -0.3 is 99.6 Å². The molecule has 56 heavy (non-hydrogen) atoms. The van der Waals surface area contributed by atoms with Crippen LogP contribution in [0, 0.1) is 0 Å². The number of nitrogens with one attached hydrogen (secondary N) is 2. The predicted octanol–water partition coefficient (Wildman–Crippen LogP) is -7.13. The number of aliphatic hydroxyl groups excluding tert-OH is 10. The van der Waals surface area contributed by atoms with Gasteiger partial charge in [0.1, 0.15) is 85.4 Å². The first kappa shape index (κ1) is 46.9. The lowest BCUT2D eigenvalue weighted by atomic mass is 9.94. The molecule has 0 aromatic heterocycles. The molecule has 4 heterocycles. The second-order valence-corrected chi connectivity index (χ2v) is 15.0. The molecule has 12 N–H and O–H groups in total. The summed E-state index contributed by atoms with van der Waals surface area (Å²) in [7, 11) is 0. The van der Waals surface area contributed by atoms with Crippen LogP contribution in [0.4, 0.5) is 0 Å². The summed E-state index contributed by atoms with van der Waals surface area (Å²) in [6.45, 7) is 3.36. The van der Waals surface area contributed by atoms with Crippen LogP contribution in [0.25, 0.3) is 0 Å². The number of thioether (sulfide) groups is 1. The molecule has 4 aliphatic rings. The van der Waals surface area contributed by atoms with Gasteiger partial charge in [-0.15, -0.1) is 0 Å². The molecule has 0 spiro atoms. The summed E-state index contributed by atoms with van der Waals surface area (Å²) in [6.07, 6.45) is -31.1. The van der Waals surface area contributed by atoms with E-state index in [2.05, 4.69) is 10.6 Å². The first-order valence-electron chi connectivity index (χ1n) is 17.9. The van der Waals surface area contributed by atoms with Crippen LogP contribution in [-0.4, -0.2) is 223 Å². The van der Waals surface area contributed by atoms with Gasteiger partial charge in [0.15, 0.2) is 30.3 Å². The molecular formula is C32H54N2O21S. The van der Waals surface area contributed by atoms with Gasteiger partial charge in [0, 0.05) is 20.4 Å². The topological polar surface area (TPSA) is 351 Å². The maximum atomic E-state index is 12.4. The first-order valence-corrected chi connectivity index (χ1v) is 18.9. The van der Waals surface area contributed by atoms with Crippen molar-refractivity contribution in [2.75, 3.05) is 32.1 Å². The zero-order chi connectivity index (χ0) is 41.6.